The van der Waals surface area contributed by atoms with E-state index in [1.54, 1.807) is 22.5 Å². The van der Waals surface area contributed by atoms with E-state index in [4.69, 9.17) is 16.3 Å². The van der Waals surface area contributed by atoms with Gasteiger partial charge in [0.1, 0.15) is 10.6 Å². The topological polar surface area (TPSA) is 46.6 Å². The van der Waals surface area contributed by atoms with Crippen molar-refractivity contribution >= 4 is 21.6 Å². The molecule has 1 fully saturated rings. The van der Waals surface area contributed by atoms with Crippen LogP contribution in [0.25, 0.3) is 0 Å². The van der Waals surface area contributed by atoms with Gasteiger partial charge in [-0.15, -0.1) is 11.6 Å². The number of nitrogens with zero attached hydrogens (tertiary/aromatic N) is 1. The Morgan fingerprint density at radius 3 is 2.52 bits per heavy atom. The van der Waals surface area contributed by atoms with Crippen molar-refractivity contribution in [3.63, 3.8) is 0 Å². The van der Waals surface area contributed by atoms with E-state index >= 15 is 0 Å². The molecule has 0 heterocycles. The SMILES string of the molecule is CCN(C1CCCC1)S(=O)(=O)c1cc(CCl)ccc1OC. The number of ether oxygens (including phenoxy) is 1. The molecule has 1 aromatic rings. The standard InChI is InChI=1S/C15H22ClNO3S/c1-3-17(13-6-4-5-7-13)21(18,19)15-10-12(11-16)8-9-14(15)20-2/h8-10,13H,3-7,11H2,1-2H3. The number of hydrogen-bond acceptors (Lipinski definition) is 3. The van der Waals surface area contributed by atoms with Gasteiger partial charge in [-0.05, 0) is 30.5 Å². The highest BCUT2D eigenvalue weighted by molar-refractivity contribution is 7.89. The fourth-order valence-corrected chi connectivity index (χ4v) is 5.02. The maximum atomic E-state index is 13.0. The Balaban J connectivity index is 2.45. The molecule has 21 heavy (non-hydrogen) atoms. The molecule has 0 saturated heterocycles. The number of halogens is 1. The van der Waals surface area contributed by atoms with Gasteiger partial charge in [0, 0.05) is 18.5 Å². The summed E-state index contributed by atoms with van der Waals surface area (Å²) in [6.07, 6.45) is 4.06. The molecule has 1 aliphatic carbocycles. The van der Waals surface area contributed by atoms with Crippen molar-refractivity contribution in [1.82, 2.24) is 4.31 Å². The van der Waals surface area contributed by atoms with Gasteiger partial charge in [0.15, 0.2) is 0 Å². The van der Waals surface area contributed by atoms with Crippen molar-refractivity contribution in [1.29, 1.82) is 0 Å². The smallest absolute Gasteiger partial charge is 0.247 e. The van der Waals surface area contributed by atoms with Crippen molar-refractivity contribution in [2.75, 3.05) is 13.7 Å². The monoisotopic (exact) mass is 331 g/mol. The molecular formula is C15H22ClNO3S. The number of alkyl halides is 1. The third-order valence-electron chi connectivity index (χ3n) is 4.01. The van der Waals surface area contributed by atoms with Crippen molar-refractivity contribution < 1.29 is 13.2 Å². The lowest BCUT2D eigenvalue weighted by atomic mass is 10.2. The fraction of sp³-hybridized carbons (Fsp3) is 0.600. The maximum Gasteiger partial charge on any atom is 0.247 e. The molecule has 0 radical (unpaired) electrons. The minimum atomic E-state index is -3.56. The van der Waals surface area contributed by atoms with Crippen LogP contribution < -0.4 is 4.74 Å². The van der Waals surface area contributed by atoms with Crippen LogP contribution in [0, 0.1) is 0 Å². The molecule has 4 nitrogen and oxygen atoms in total. The Morgan fingerprint density at radius 2 is 2.00 bits per heavy atom. The highest BCUT2D eigenvalue weighted by Crippen LogP contribution is 2.33. The maximum absolute atomic E-state index is 13.0. The molecule has 1 aromatic carbocycles. The summed E-state index contributed by atoms with van der Waals surface area (Å²) < 4.78 is 32.8. The van der Waals surface area contributed by atoms with Gasteiger partial charge < -0.3 is 4.74 Å². The molecule has 0 unspecified atom stereocenters. The number of methoxy groups -OCH3 is 1. The summed E-state index contributed by atoms with van der Waals surface area (Å²) >= 11 is 5.84. The Kier molecular flexibility index (Phi) is 5.52. The van der Waals surface area contributed by atoms with Crippen LogP contribution in [0.4, 0.5) is 0 Å². The lowest BCUT2D eigenvalue weighted by Crippen LogP contribution is -2.38. The molecule has 6 heteroatoms. The van der Waals surface area contributed by atoms with Gasteiger partial charge in [-0.25, -0.2) is 8.42 Å². The summed E-state index contributed by atoms with van der Waals surface area (Å²) in [6.45, 7) is 2.36. The van der Waals surface area contributed by atoms with E-state index in [-0.39, 0.29) is 16.8 Å². The van der Waals surface area contributed by atoms with E-state index in [0.29, 0.717) is 12.3 Å². The average molecular weight is 332 g/mol. The van der Waals surface area contributed by atoms with Gasteiger partial charge in [0.05, 0.1) is 7.11 Å². The molecule has 0 aliphatic heterocycles. The molecule has 0 amide bonds. The minimum absolute atomic E-state index is 0.101. The largest absolute Gasteiger partial charge is 0.495 e. The van der Waals surface area contributed by atoms with Gasteiger partial charge in [-0.1, -0.05) is 25.8 Å². The second-order valence-electron chi connectivity index (χ2n) is 5.27. The van der Waals surface area contributed by atoms with Gasteiger partial charge in [0.25, 0.3) is 0 Å². The number of rotatable bonds is 6. The number of benzene rings is 1. The van der Waals surface area contributed by atoms with E-state index in [1.807, 2.05) is 6.92 Å². The molecule has 0 N–H and O–H groups in total. The zero-order chi connectivity index (χ0) is 15.5. The third-order valence-corrected chi connectivity index (χ3v) is 6.37. The first-order chi connectivity index (χ1) is 10.0. The summed E-state index contributed by atoms with van der Waals surface area (Å²) in [4.78, 5) is 0.219. The Bertz CT molecular complexity index is 583. The van der Waals surface area contributed by atoms with E-state index in [0.717, 1.165) is 31.2 Å². The highest BCUT2D eigenvalue weighted by Gasteiger charge is 2.33. The first-order valence-electron chi connectivity index (χ1n) is 7.29. The van der Waals surface area contributed by atoms with Crippen molar-refractivity contribution in [3.8, 4) is 5.75 Å². The van der Waals surface area contributed by atoms with Crippen LogP contribution in [0.3, 0.4) is 0 Å². The summed E-state index contributed by atoms with van der Waals surface area (Å²) in [6, 6.07) is 5.19. The molecule has 0 atom stereocenters. The third kappa shape index (κ3) is 3.35. The number of sulfonamides is 1. The summed E-state index contributed by atoms with van der Waals surface area (Å²) in [5.41, 5.74) is 0.776. The molecule has 0 bridgehead atoms. The van der Waals surface area contributed by atoms with E-state index in [1.165, 1.54) is 7.11 Å². The summed E-state index contributed by atoms with van der Waals surface area (Å²) in [5.74, 6) is 0.655. The normalized spacial score (nSPS) is 16.6. The van der Waals surface area contributed by atoms with Crippen LogP contribution in [0.2, 0.25) is 0 Å². The molecule has 0 aromatic heterocycles. The van der Waals surface area contributed by atoms with Crippen LogP contribution in [0.1, 0.15) is 38.2 Å². The van der Waals surface area contributed by atoms with Gasteiger partial charge in [-0.2, -0.15) is 4.31 Å². The summed E-state index contributed by atoms with van der Waals surface area (Å²) in [5, 5.41) is 0. The first kappa shape index (κ1) is 16.6. The lowest BCUT2D eigenvalue weighted by molar-refractivity contribution is 0.332. The van der Waals surface area contributed by atoms with Crippen LogP contribution in [0.5, 0.6) is 5.75 Å². The molecule has 1 saturated carbocycles. The molecule has 2 rings (SSSR count). The lowest BCUT2D eigenvalue weighted by Gasteiger charge is -2.27. The Morgan fingerprint density at radius 1 is 1.33 bits per heavy atom. The number of hydrogen-bond donors (Lipinski definition) is 0. The van der Waals surface area contributed by atoms with E-state index in [9.17, 15) is 8.42 Å². The average Bonchev–Trinajstić information content (AvgIpc) is 3.01. The summed E-state index contributed by atoms with van der Waals surface area (Å²) in [7, 11) is -2.07. The molecule has 0 spiro atoms. The molecule has 118 valence electrons. The Labute approximate surface area is 132 Å². The Hall–Kier alpha value is -0.780. The van der Waals surface area contributed by atoms with E-state index < -0.39 is 10.0 Å². The van der Waals surface area contributed by atoms with Gasteiger partial charge in [0.2, 0.25) is 10.0 Å². The quantitative estimate of drug-likeness (QED) is 0.751. The van der Waals surface area contributed by atoms with Crippen molar-refractivity contribution in [2.45, 2.75) is 49.4 Å². The second-order valence-corrected chi connectivity index (χ2v) is 7.39. The molecular weight excluding hydrogens is 310 g/mol. The van der Waals surface area contributed by atoms with E-state index in [2.05, 4.69) is 0 Å². The van der Waals surface area contributed by atoms with Crippen molar-refractivity contribution in [2.24, 2.45) is 0 Å². The highest BCUT2D eigenvalue weighted by atomic mass is 35.5. The predicted octanol–water partition coefficient (Wildman–Crippen LogP) is 3.39. The minimum Gasteiger partial charge on any atom is -0.495 e. The van der Waals surface area contributed by atoms with Crippen LogP contribution in [-0.2, 0) is 15.9 Å². The first-order valence-corrected chi connectivity index (χ1v) is 9.26. The van der Waals surface area contributed by atoms with Crippen LogP contribution in [0.15, 0.2) is 23.1 Å². The predicted molar refractivity (Wildman–Crippen MR) is 84.4 cm³/mol. The van der Waals surface area contributed by atoms with Crippen LogP contribution in [-0.4, -0.2) is 32.4 Å². The van der Waals surface area contributed by atoms with Gasteiger partial charge >= 0.3 is 0 Å². The van der Waals surface area contributed by atoms with Crippen molar-refractivity contribution in [3.05, 3.63) is 23.8 Å². The fourth-order valence-electron chi connectivity index (χ4n) is 2.95. The zero-order valence-corrected chi connectivity index (χ0v) is 14.1. The van der Waals surface area contributed by atoms with Crippen LogP contribution >= 0.6 is 11.6 Å². The molecule has 1 aliphatic rings. The zero-order valence-electron chi connectivity index (χ0n) is 12.5. The second kappa shape index (κ2) is 6.99. The van der Waals surface area contributed by atoms with Gasteiger partial charge in [-0.3, -0.25) is 0 Å².